The molecule has 3 heterocycles. The topological polar surface area (TPSA) is 79.0 Å². The number of ether oxygens (including phenoxy) is 1. The van der Waals surface area contributed by atoms with Gasteiger partial charge < -0.3 is 9.64 Å². The first-order chi connectivity index (χ1) is 18.9. The maximum atomic E-state index is 15.2. The smallest absolute Gasteiger partial charge is 0.255 e. The van der Waals surface area contributed by atoms with E-state index in [9.17, 15) is 14.4 Å². The van der Waals surface area contributed by atoms with E-state index in [0.717, 1.165) is 49.5 Å². The van der Waals surface area contributed by atoms with E-state index in [4.69, 9.17) is 4.74 Å². The normalized spacial score (nSPS) is 20.2. The molecule has 1 unspecified atom stereocenters. The van der Waals surface area contributed by atoms with Crippen molar-refractivity contribution in [2.45, 2.75) is 50.7 Å². The summed E-state index contributed by atoms with van der Waals surface area (Å²) in [7, 11) is 0. The summed E-state index contributed by atoms with van der Waals surface area (Å²) in [5.41, 5.74) is 2.91. The summed E-state index contributed by atoms with van der Waals surface area (Å²) in [6.45, 7) is 2.78. The van der Waals surface area contributed by atoms with Crippen LogP contribution in [0.15, 0.2) is 66.7 Å². The molecule has 0 radical (unpaired) electrons. The molecule has 200 valence electrons. The zero-order valence-corrected chi connectivity index (χ0v) is 21.6. The van der Waals surface area contributed by atoms with Gasteiger partial charge in [-0.2, -0.15) is 0 Å². The lowest BCUT2D eigenvalue weighted by molar-refractivity contribution is -0.136. The van der Waals surface area contributed by atoms with Crippen molar-refractivity contribution in [1.82, 2.24) is 15.1 Å². The molecular formula is C31H30FN3O4. The number of amides is 3. The van der Waals surface area contributed by atoms with Crippen LogP contribution in [0.5, 0.6) is 11.5 Å². The second-order valence-electron chi connectivity index (χ2n) is 10.5. The van der Waals surface area contributed by atoms with Crippen molar-refractivity contribution >= 4 is 17.7 Å². The molecule has 1 atom stereocenters. The van der Waals surface area contributed by atoms with Gasteiger partial charge in [-0.25, -0.2) is 4.39 Å². The summed E-state index contributed by atoms with van der Waals surface area (Å²) < 4.78 is 21.1. The van der Waals surface area contributed by atoms with E-state index >= 15 is 4.39 Å². The molecular weight excluding hydrogens is 497 g/mol. The van der Waals surface area contributed by atoms with Crippen LogP contribution in [-0.2, 0) is 22.7 Å². The van der Waals surface area contributed by atoms with Crippen LogP contribution in [0, 0.1) is 5.82 Å². The number of hydrogen-bond acceptors (Lipinski definition) is 5. The van der Waals surface area contributed by atoms with Gasteiger partial charge in [-0.15, -0.1) is 0 Å². The van der Waals surface area contributed by atoms with Crippen LogP contribution in [0.1, 0.15) is 58.6 Å². The quantitative estimate of drug-likeness (QED) is 0.468. The Hall–Kier alpha value is -4.04. The van der Waals surface area contributed by atoms with Crippen LogP contribution < -0.4 is 10.1 Å². The maximum absolute atomic E-state index is 15.2. The molecule has 39 heavy (non-hydrogen) atoms. The highest BCUT2D eigenvalue weighted by atomic mass is 19.1. The number of imide groups is 1. The number of para-hydroxylation sites is 1. The second kappa shape index (κ2) is 10.6. The Morgan fingerprint density at radius 2 is 1.62 bits per heavy atom. The van der Waals surface area contributed by atoms with E-state index in [1.165, 1.54) is 16.5 Å². The Bertz CT molecular complexity index is 1400. The Labute approximate surface area is 226 Å². The minimum absolute atomic E-state index is 0.0768. The monoisotopic (exact) mass is 527 g/mol. The van der Waals surface area contributed by atoms with Gasteiger partial charge >= 0.3 is 0 Å². The summed E-state index contributed by atoms with van der Waals surface area (Å²) in [6.07, 6.45) is 2.15. The lowest BCUT2D eigenvalue weighted by Crippen LogP contribution is -2.52. The Morgan fingerprint density at radius 1 is 0.897 bits per heavy atom. The number of likely N-dealkylation sites (tertiary alicyclic amines) is 1. The Kier molecular flexibility index (Phi) is 6.87. The first-order valence-corrected chi connectivity index (χ1v) is 13.5. The maximum Gasteiger partial charge on any atom is 0.255 e. The summed E-state index contributed by atoms with van der Waals surface area (Å²) in [6, 6.07) is 20.3. The number of carbonyl (C=O) groups is 3. The van der Waals surface area contributed by atoms with Gasteiger partial charge in [-0.05, 0) is 85.3 Å². The van der Waals surface area contributed by atoms with Crippen molar-refractivity contribution in [3.05, 3.63) is 94.8 Å². The fourth-order valence-electron chi connectivity index (χ4n) is 5.87. The van der Waals surface area contributed by atoms with Crippen molar-refractivity contribution in [1.29, 1.82) is 0 Å². The van der Waals surface area contributed by atoms with Gasteiger partial charge in [-0.3, -0.25) is 24.6 Å². The van der Waals surface area contributed by atoms with Crippen LogP contribution in [0.25, 0.3) is 0 Å². The molecule has 3 aliphatic heterocycles. The van der Waals surface area contributed by atoms with E-state index < -0.39 is 11.9 Å². The number of halogens is 1. The van der Waals surface area contributed by atoms with E-state index in [2.05, 4.69) is 22.3 Å². The summed E-state index contributed by atoms with van der Waals surface area (Å²) >= 11 is 0. The molecule has 6 rings (SSSR count). The predicted molar refractivity (Wildman–Crippen MR) is 143 cm³/mol. The molecule has 2 saturated heterocycles. The van der Waals surface area contributed by atoms with E-state index in [0.29, 0.717) is 17.5 Å². The SMILES string of the molecule is O=C1CCC(N2Cc3cc(C4CCN(Cc5ccc(Oc6ccccc6)cc5)CC4)c(F)cc3C2=O)C(=O)N1. The van der Waals surface area contributed by atoms with Crippen LogP contribution >= 0.6 is 0 Å². The molecule has 3 aromatic rings. The molecule has 0 aromatic heterocycles. The van der Waals surface area contributed by atoms with Crippen LogP contribution in [-0.4, -0.2) is 46.7 Å². The molecule has 7 nitrogen and oxygen atoms in total. The number of hydrogen-bond donors (Lipinski definition) is 1. The predicted octanol–water partition coefficient (Wildman–Crippen LogP) is 4.76. The van der Waals surface area contributed by atoms with Crippen molar-refractivity contribution < 1.29 is 23.5 Å². The molecule has 3 amide bonds. The molecule has 1 N–H and O–H groups in total. The standard InChI is InChI=1S/C31H30FN3O4/c32-27-17-26-22(19-35(31(26)38)28-10-11-29(36)33-30(28)37)16-25(27)21-12-14-34(15-13-21)18-20-6-8-24(9-7-20)39-23-4-2-1-3-5-23/h1-9,16-17,21,28H,10-15,18-19H2,(H,33,36,37). The van der Waals surface area contributed by atoms with Crippen molar-refractivity contribution in [3.63, 3.8) is 0 Å². The average Bonchev–Trinajstić information content (AvgIpc) is 3.25. The summed E-state index contributed by atoms with van der Waals surface area (Å²) in [4.78, 5) is 40.6. The van der Waals surface area contributed by atoms with Gasteiger partial charge in [0.05, 0.1) is 0 Å². The number of fused-ring (bicyclic) bond motifs is 1. The molecule has 0 saturated carbocycles. The van der Waals surface area contributed by atoms with Gasteiger partial charge in [0.2, 0.25) is 11.8 Å². The van der Waals surface area contributed by atoms with Crippen molar-refractivity contribution in [3.8, 4) is 11.5 Å². The largest absolute Gasteiger partial charge is 0.457 e. The summed E-state index contributed by atoms with van der Waals surface area (Å²) in [5, 5.41) is 2.31. The fraction of sp³-hybridized carbons (Fsp3) is 0.323. The lowest BCUT2D eigenvalue weighted by atomic mass is 9.87. The van der Waals surface area contributed by atoms with Gasteiger partial charge in [0.25, 0.3) is 5.91 Å². The first-order valence-electron chi connectivity index (χ1n) is 13.5. The number of nitrogens with one attached hydrogen (secondary N) is 1. The molecule has 2 fully saturated rings. The third-order valence-corrected chi connectivity index (χ3v) is 7.98. The van der Waals surface area contributed by atoms with Crippen LogP contribution in [0.3, 0.4) is 0 Å². The Balaban J connectivity index is 1.06. The highest BCUT2D eigenvalue weighted by Crippen LogP contribution is 2.36. The van der Waals surface area contributed by atoms with Gasteiger partial charge in [-0.1, -0.05) is 36.4 Å². The fourth-order valence-corrected chi connectivity index (χ4v) is 5.87. The highest BCUT2D eigenvalue weighted by molar-refractivity contribution is 6.05. The number of piperidine rings is 2. The van der Waals surface area contributed by atoms with E-state index in [1.54, 1.807) is 0 Å². The minimum atomic E-state index is -0.698. The Morgan fingerprint density at radius 3 is 2.33 bits per heavy atom. The number of nitrogens with zero attached hydrogens (tertiary/aromatic N) is 2. The van der Waals surface area contributed by atoms with Crippen molar-refractivity contribution in [2.24, 2.45) is 0 Å². The first kappa shape index (κ1) is 25.2. The van der Waals surface area contributed by atoms with Gasteiger partial charge in [0.15, 0.2) is 0 Å². The number of carbonyl (C=O) groups excluding carboxylic acids is 3. The highest BCUT2D eigenvalue weighted by Gasteiger charge is 2.40. The van der Waals surface area contributed by atoms with Gasteiger partial charge in [0, 0.05) is 25.1 Å². The van der Waals surface area contributed by atoms with E-state index in [-0.39, 0.29) is 36.5 Å². The number of rotatable bonds is 6. The van der Waals surface area contributed by atoms with E-state index in [1.807, 2.05) is 48.5 Å². The molecule has 0 bridgehead atoms. The number of benzene rings is 3. The van der Waals surface area contributed by atoms with Crippen LogP contribution in [0.2, 0.25) is 0 Å². The molecule has 3 aromatic carbocycles. The zero-order chi connectivity index (χ0) is 26.9. The zero-order valence-electron chi connectivity index (χ0n) is 21.6. The second-order valence-corrected chi connectivity index (χ2v) is 10.5. The third-order valence-electron chi connectivity index (χ3n) is 7.98. The molecule has 3 aliphatic rings. The molecule has 8 heteroatoms. The molecule has 0 spiro atoms. The van der Waals surface area contributed by atoms with Crippen molar-refractivity contribution in [2.75, 3.05) is 13.1 Å². The summed E-state index contributed by atoms with van der Waals surface area (Å²) in [5.74, 6) is 0.185. The van der Waals surface area contributed by atoms with Gasteiger partial charge in [0.1, 0.15) is 23.4 Å². The third kappa shape index (κ3) is 5.29. The van der Waals surface area contributed by atoms with Crippen LogP contribution in [0.4, 0.5) is 4.39 Å². The lowest BCUT2D eigenvalue weighted by Gasteiger charge is -2.32. The molecule has 0 aliphatic carbocycles. The minimum Gasteiger partial charge on any atom is -0.457 e. The average molecular weight is 528 g/mol.